The smallest absolute Gasteiger partial charge is 0.138 e. The molecule has 0 amide bonds. The molecule has 0 saturated carbocycles. The molecule has 0 aromatic carbocycles. The minimum Gasteiger partial charge on any atom is -0.386 e. The van der Waals surface area contributed by atoms with Gasteiger partial charge in [-0.1, -0.05) is 0 Å². The summed E-state index contributed by atoms with van der Waals surface area (Å²) in [7, 11) is 1.87. The van der Waals surface area contributed by atoms with Crippen molar-refractivity contribution in [2.75, 3.05) is 0 Å². The first-order valence-corrected chi connectivity index (χ1v) is 5.62. The van der Waals surface area contributed by atoms with E-state index in [0.717, 1.165) is 5.82 Å². The third kappa shape index (κ3) is 2.52. The van der Waals surface area contributed by atoms with Crippen LogP contribution in [0.15, 0.2) is 18.9 Å². The fraction of sp³-hybridized carbons (Fsp3) is 0.545. The second-order valence-corrected chi connectivity index (χ2v) is 4.40. The van der Waals surface area contributed by atoms with Crippen LogP contribution in [0.2, 0.25) is 0 Å². The molecule has 2 heterocycles. The van der Waals surface area contributed by atoms with Gasteiger partial charge < -0.3 is 9.67 Å². The van der Waals surface area contributed by atoms with Crippen molar-refractivity contribution in [1.29, 1.82) is 0 Å². The van der Waals surface area contributed by atoms with E-state index < -0.39 is 6.10 Å². The van der Waals surface area contributed by atoms with E-state index in [0.29, 0.717) is 12.1 Å². The first kappa shape index (κ1) is 11.8. The molecule has 1 N–H and O–H groups in total. The molecule has 6 heteroatoms. The molecular formula is C11H17N5O. The van der Waals surface area contributed by atoms with E-state index >= 15 is 0 Å². The Hall–Kier alpha value is -1.69. The number of imidazole rings is 1. The molecule has 2 rings (SSSR count). The zero-order valence-corrected chi connectivity index (χ0v) is 10.3. The molecule has 2 aromatic rings. The van der Waals surface area contributed by atoms with Crippen LogP contribution in [0.3, 0.4) is 0 Å². The second kappa shape index (κ2) is 4.67. The highest BCUT2D eigenvalue weighted by atomic mass is 16.3. The van der Waals surface area contributed by atoms with E-state index in [4.69, 9.17) is 0 Å². The Kier molecular flexibility index (Phi) is 3.23. The van der Waals surface area contributed by atoms with Crippen LogP contribution in [0.5, 0.6) is 0 Å². The van der Waals surface area contributed by atoms with E-state index in [1.807, 2.05) is 30.1 Å². The highest BCUT2D eigenvalue weighted by Gasteiger charge is 2.16. The lowest BCUT2D eigenvalue weighted by Crippen LogP contribution is -2.12. The van der Waals surface area contributed by atoms with E-state index in [2.05, 4.69) is 15.1 Å². The number of nitrogens with zero attached hydrogens (tertiary/aromatic N) is 5. The van der Waals surface area contributed by atoms with Crippen LogP contribution in [-0.4, -0.2) is 29.4 Å². The van der Waals surface area contributed by atoms with Crippen LogP contribution in [0, 0.1) is 0 Å². The molecule has 0 radical (unpaired) electrons. The summed E-state index contributed by atoms with van der Waals surface area (Å²) in [6.07, 6.45) is 4.78. The molecule has 0 aliphatic heterocycles. The van der Waals surface area contributed by atoms with Gasteiger partial charge in [-0.25, -0.2) is 14.6 Å². The summed E-state index contributed by atoms with van der Waals surface area (Å²) in [5, 5.41) is 14.2. The van der Waals surface area contributed by atoms with Crippen LogP contribution in [-0.2, 0) is 13.5 Å². The molecule has 92 valence electrons. The first-order chi connectivity index (χ1) is 8.08. The number of aliphatic hydroxyl groups is 1. The van der Waals surface area contributed by atoms with Gasteiger partial charge in [-0.3, -0.25) is 0 Å². The normalized spacial score (nSPS) is 13.2. The Morgan fingerprint density at radius 3 is 2.71 bits per heavy atom. The van der Waals surface area contributed by atoms with Crippen molar-refractivity contribution in [2.45, 2.75) is 32.4 Å². The zero-order chi connectivity index (χ0) is 12.4. The molecule has 2 aromatic heterocycles. The van der Waals surface area contributed by atoms with Crippen molar-refractivity contribution < 1.29 is 5.11 Å². The number of aliphatic hydroxyl groups excluding tert-OH is 1. The van der Waals surface area contributed by atoms with Gasteiger partial charge in [0.1, 0.15) is 18.3 Å². The fourth-order valence-electron chi connectivity index (χ4n) is 1.73. The Bertz CT molecular complexity index is 488. The minimum atomic E-state index is -0.641. The topological polar surface area (TPSA) is 68.8 Å². The third-order valence-corrected chi connectivity index (χ3v) is 2.58. The maximum Gasteiger partial charge on any atom is 0.138 e. The molecule has 0 fully saturated rings. The molecule has 17 heavy (non-hydrogen) atoms. The average Bonchev–Trinajstić information content (AvgIpc) is 2.86. The van der Waals surface area contributed by atoms with Crippen LogP contribution in [0.25, 0.3) is 0 Å². The lowest BCUT2D eigenvalue weighted by molar-refractivity contribution is 0.169. The summed E-state index contributed by atoms with van der Waals surface area (Å²) < 4.78 is 3.62. The second-order valence-electron chi connectivity index (χ2n) is 4.40. The molecule has 6 nitrogen and oxygen atoms in total. The van der Waals surface area contributed by atoms with Gasteiger partial charge >= 0.3 is 0 Å². The van der Waals surface area contributed by atoms with E-state index in [1.165, 1.54) is 6.33 Å². The molecule has 0 bridgehead atoms. The predicted molar refractivity (Wildman–Crippen MR) is 62.3 cm³/mol. The maximum absolute atomic E-state index is 10.1. The van der Waals surface area contributed by atoms with Crippen LogP contribution >= 0.6 is 0 Å². The SMILES string of the molecule is CC(C)n1ncnc1CC(O)c1cn(C)cn1. The lowest BCUT2D eigenvalue weighted by atomic mass is 10.2. The number of aromatic nitrogens is 5. The summed E-state index contributed by atoms with van der Waals surface area (Å²) in [6.45, 7) is 4.07. The van der Waals surface area contributed by atoms with Crippen molar-refractivity contribution in [3.05, 3.63) is 30.4 Å². The Morgan fingerprint density at radius 2 is 2.12 bits per heavy atom. The van der Waals surface area contributed by atoms with Crippen molar-refractivity contribution in [2.24, 2.45) is 7.05 Å². The van der Waals surface area contributed by atoms with Crippen molar-refractivity contribution >= 4 is 0 Å². The molecule has 0 spiro atoms. The third-order valence-electron chi connectivity index (χ3n) is 2.58. The van der Waals surface area contributed by atoms with Gasteiger partial charge in [-0.05, 0) is 13.8 Å². The van der Waals surface area contributed by atoms with Gasteiger partial charge in [0.05, 0.1) is 12.0 Å². The highest BCUT2D eigenvalue weighted by molar-refractivity contribution is 5.04. The minimum absolute atomic E-state index is 0.239. The quantitative estimate of drug-likeness (QED) is 0.853. The largest absolute Gasteiger partial charge is 0.386 e. The van der Waals surface area contributed by atoms with Gasteiger partial charge in [-0.2, -0.15) is 5.10 Å². The predicted octanol–water partition coefficient (Wildman–Crippen LogP) is 0.869. The van der Waals surface area contributed by atoms with Gasteiger partial charge in [-0.15, -0.1) is 0 Å². The number of aryl methyl sites for hydroxylation is 1. The Balaban J connectivity index is 2.13. The van der Waals surface area contributed by atoms with Crippen molar-refractivity contribution in [3.63, 3.8) is 0 Å². The summed E-state index contributed by atoms with van der Waals surface area (Å²) >= 11 is 0. The van der Waals surface area contributed by atoms with Crippen LogP contribution < -0.4 is 0 Å². The molecule has 1 atom stereocenters. The Morgan fingerprint density at radius 1 is 1.35 bits per heavy atom. The lowest BCUT2D eigenvalue weighted by Gasteiger charge is -2.11. The van der Waals surface area contributed by atoms with E-state index in [1.54, 1.807) is 12.5 Å². The monoisotopic (exact) mass is 235 g/mol. The molecular weight excluding hydrogens is 218 g/mol. The summed E-state index contributed by atoms with van der Waals surface area (Å²) in [5.74, 6) is 0.776. The zero-order valence-electron chi connectivity index (χ0n) is 10.3. The van der Waals surface area contributed by atoms with E-state index in [9.17, 15) is 5.11 Å². The maximum atomic E-state index is 10.1. The van der Waals surface area contributed by atoms with Crippen molar-refractivity contribution in [1.82, 2.24) is 24.3 Å². The van der Waals surface area contributed by atoms with Gasteiger partial charge in [0.25, 0.3) is 0 Å². The summed E-state index contributed by atoms with van der Waals surface area (Å²) in [5.41, 5.74) is 0.658. The molecule has 0 aliphatic carbocycles. The van der Waals surface area contributed by atoms with E-state index in [-0.39, 0.29) is 6.04 Å². The van der Waals surface area contributed by atoms with Crippen molar-refractivity contribution in [3.8, 4) is 0 Å². The standard InChI is InChI=1S/C11H17N5O/c1-8(2)16-11(12-6-14-16)4-10(17)9-5-15(3)7-13-9/h5-8,10,17H,4H2,1-3H3. The van der Waals surface area contributed by atoms with Gasteiger partial charge in [0.15, 0.2) is 0 Å². The fourth-order valence-corrected chi connectivity index (χ4v) is 1.73. The molecule has 1 unspecified atom stereocenters. The molecule has 0 aliphatic rings. The summed E-state index contributed by atoms with van der Waals surface area (Å²) in [4.78, 5) is 8.29. The first-order valence-electron chi connectivity index (χ1n) is 5.62. The van der Waals surface area contributed by atoms with Gasteiger partial charge in [0.2, 0.25) is 0 Å². The number of rotatable bonds is 4. The molecule has 0 saturated heterocycles. The Labute approximate surface area is 99.9 Å². The van der Waals surface area contributed by atoms with Gasteiger partial charge in [0, 0.05) is 25.7 Å². The van der Waals surface area contributed by atoms with Crippen LogP contribution in [0.4, 0.5) is 0 Å². The highest BCUT2D eigenvalue weighted by Crippen LogP contribution is 2.16. The number of hydrogen-bond acceptors (Lipinski definition) is 4. The summed E-state index contributed by atoms with van der Waals surface area (Å²) in [6, 6.07) is 0.239. The average molecular weight is 235 g/mol. The number of hydrogen-bond donors (Lipinski definition) is 1. The van der Waals surface area contributed by atoms with Crippen LogP contribution in [0.1, 0.15) is 37.5 Å².